The number of carbonyl (C=O) groups is 2. The van der Waals surface area contributed by atoms with Gasteiger partial charge in [-0.1, -0.05) is 54.8 Å². The van der Waals surface area contributed by atoms with Crippen LogP contribution in [0.4, 0.5) is 5.69 Å². The maximum absolute atomic E-state index is 12.5. The predicted octanol–water partition coefficient (Wildman–Crippen LogP) is 3.17. The summed E-state index contributed by atoms with van der Waals surface area (Å²) in [5, 5.41) is 5.79. The fourth-order valence-electron chi connectivity index (χ4n) is 2.98. The quantitative estimate of drug-likeness (QED) is 0.601. The first-order valence-corrected chi connectivity index (χ1v) is 9.40. The third-order valence-corrected chi connectivity index (χ3v) is 4.81. The summed E-state index contributed by atoms with van der Waals surface area (Å²) in [4.78, 5) is 24.7. The number of carbonyl (C=O) groups excluding carboxylic acids is 2. The molecule has 2 aromatic rings. The zero-order valence-corrected chi connectivity index (χ0v) is 16.1. The largest absolute Gasteiger partial charge is 0.352 e. The van der Waals surface area contributed by atoms with E-state index in [0.717, 1.165) is 24.8 Å². The third-order valence-electron chi connectivity index (χ3n) is 4.57. The summed E-state index contributed by atoms with van der Waals surface area (Å²) in [5.41, 5.74) is 5.02. The van der Waals surface area contributed by atoms with Crippen LogP contribution in [0.2, 0.25) is 0 Å². The average Bonchev–Trinajstić information content (AvgIpc) is 2.66. The zero-order valence-electron chi connectivity index (χ0n) is 15.2. The molecule has 0 fully saturated rings. The minimum Gasteiger partial charge on any atom is -0.352 e. The molecule has 0 radical (unpaired) electrons. The van der Waals surface area contributed by atoms with E-state index in [4.69, 9.17) is 0 Å². The normalized spacial score (nSPS) is 15.5. The van der Waals surface area contributed by atoms with Crippen LogP contribution in [0.15, 0.2) is 54.2 Å². The SMILES string of the molecule is Cc1ccc(CCNC(=O)c2ccc3c(c2)NC(=O)/C(NS)=C/CC3)cc1. The third kappa shape index (κ3) is 4.92. The van der Waals surface area contributed by atoms with Gasteiger partial charge in [0.05, 0.1) is 0 Å². The molecule has 0 aromatic heterocycles. The number of benzene rings is 2. The smallest absolute Gasteiger partial charge is 0.272 e. The zero-order chi connectivity index (χ0) is 19.2. The highest BCUT2D eigenvalue weighted by molar-refractivity contribution is 7.78. The van der Waals surface area contributed by atoms with Gasteiger partial charge in [-0.25, -0.2) is 0 Å². The summed E-state index contributed by atoms with van der Waals surface area (Å²) in [6.07, 6.45) is 4.10. The molecule has 1 aliphatic heterocycles. The van der Waals surface area contributed by atoms with Crippen LogP contribution in [0.5, 0.6) is 0 Å². The van der Waals surface area contributed by atoms with Crippen LogP contribution in [-0.4, -0.2) is 18.4 Å². The minimum atomic E-state index is -0.261. The van der Waals surface area contributed by atoms with E-state index in [1.165, 1.54) is 11.1 Å². The minimum absolute atomic E-state index is 0.149. The van der Waals surface area contributed by atoms with Crippen molar-refractivity contribution in [2.24, 2.45) is 0 Å². The van der Waals surface area contributed by atoms with E-state index in [1.807, 2.05) is 12.1 Å². The molecule has 2 aromatic carbocycles. The van der Waals surface area contributed by atoms with Gasteiger partial charge >= 0.3 is 0 Å². The number of hydrogen-bond donors (Lipinski definition) is 4. The number of anilines is 1. The molecule has 6 heteroatoms. The highest BCUT2D eigenvalue weighted by Crippen LogP contribution is 2.22. The van der Waals surface area contributed by atoms with E-state index in [9.17, 15) is 9.59 Å². The number of aryl methyl sites for hydroxylation is 2. The molecule has 1 heterocycles. The molecule has 0 atom stereocenters. The molecule has 3 N–H and O–H groups in total. The summed E-state index contributed by atoms with van der Waals surface area (Å²) in [5.74, 6) is -0.410. The number of hydrogen-bond acceptors (Lipinski definition) is 4. The van der Waals surface area contributed by atoms with Crippen molar-refractivity contribution in [3.05, 3.63) is 76.5 Å². The van der Waals surface area contributed by atoms with Crippen molar-refractivity contribution < 1.29 is 9.59 Å². The van der Waals surface area contributed by atoms with Crippen molar-refractivity contribution in [1.82, 2.24) is 10.0 Å². The standard InChI is InChI=1S/C21H23N3O2S/c1-14-5-7-15(8-6-14)11-12-22-20(25)17-10-9-16-3-2-4-18(24-27)21(26)23-19(16)13-17/h4-10,13,24,27H,2-3,11-12H2,1H3,(H,22,25)(H,23,26)/b18-4-. The van der Waals surface area contributed by atoms with E-state index in [0.29, 0.717) is 23.5 Å². The lowest BCUT2D eigenvalue weighted by atomic mass is 10.0. The molecule has 5 nitrogen and oxygen atoms in total. The number of nitrogens with one attached hydrogen (secondary N) is 3. The van der Waals surface area contributed by atoms with E-state index in [-0.39, 0.29) is 11.8 Å². The van der Waals surface area contributed by atoms with E-state index in [1.54, 1.807) is 12.1 Å². The molecule has 0 saturated carbocycles. The molecule has 0 bridgehead atoms. The Hall–Kier alpha value is -2.73. The maximum Gasteiger partial charge on any atom is 0.272 e. The first kappa shape index (κ1) is 19.0. The Morgan fingerprint density at radius 2 is 1.96 bits per heavy atom. The van der Waals surface area contributed by atoms with Crippen LogP contribution in [0, 0.1) is 6.92 Å². The summed E-state index contributed by atoms with van der Waals surface area (Å²) >= 11 is 3.96. The first-order valence-electron chi connectivity index (χ1n) is 8.95. The van der Waals surface area contributed by atoms with Gasteiger partial charge in [-0.15, -0.1) is 0 Å². The topological polar surface area (TPSA) is 70.2 Å². The Balaban J connectivity index is 1.64. The second-order valence-corrected chi connectivity index (χ2v) is 6.81. The van der Waals surface area contributed by atoms with Crippen LogP contribution in [0.1, 0.15) is 33.5 Å². The molecule has 2 amide bonds. The monoisotopic (exact) mass is 381 g/mol. The summed E-state index contributed by atoms with van der Waals surface area (Å²) in [6, 6.07) is 13.7. The Labute approximate surface area is 164 Å². The molecule has 0 unspecified atom stereocenters. The Kier molecular flexibility index (Phi) is 6.19. The van der Waals surface area contributed by atoms with Crippen molar-refractivity contribution in [2.75, 3.05) is 11.9 Å². The lowest BCUT2D eigenvalue weighted by Crippen LogP contribution is -2.26. The molecular formula is C21H23N3O2S. The second kappa shape index (κ2) is 8.77. The lowest BCUT2D eigenvalue weighted by Gasteiger charge is -2.16. The molecule has 140 valence electrons. The molecule has 0 spiro atoms. The van der Waals surface area contributed by atoms with Gasteiger partial charge in [0.15, 0.2) is 0 Å². The van der Waals surface area contributed by atoms with Crippen LogP contribution in [0.25, 0.3) is 0 Å². The fourth-order valence-corrected chi connectivity index (χ4v) is 3.17. The molecule has 3 rings (SSSR count). The van der Waals surface area contributed by atoms with Gasteiger partial charge in [-0.05, 0) is 49.4 Å². The summed E-state index contributed by atoms with van der Waals surface area (Å²) in [6.45, 7) is 2.61. The van der Waals surface area contributed by atoms with Gasteiger partial charge in [0.25, 0.3) is 11.8 Å². The van der Waals surface area contributed by atoms with Gasteiger partial charge in [0, 0.05) is 17.8 Å². The molecule has 0 saturated heterocycles. The fraction of sp³-hybridized carbons (Fsp3) is 0.238. The van der Waals surface area contributed by atoms with Gasteiger partial charge in [-0.3, -0.25) is 9.59 Å². The van der Waals surface area contributed by atoms with Crippen LogP contribution >= 0.6 is 12.8 Å². The molecule has 27 heavy (non-hydrogen) atoms. The Bertz CT molecular complexity index is 875. The van der Waals surface area contributed by atoms with Crippen LogP contribution < -0.4 is 15.4 Å². The van der Waals surface area contributed by atoms with E-state index < -0.39 is 0 Å². The van der Waals surface area contributed by atoms with Gasteiger partial charge in [0.2, 0.25) is 0 Å². The molecule has 1 aliphatic rings. The van der Waals surface area contributed by atoms with Crippen molar-refractivity contribution >= 4 is 30.3 Å². The van der Waals surface area contributed by atoms with E-state index >= 15 is 0 Å². The van der Waals surface area contributed by atoms with Crippen molar-refractivity contribution in [1.29, 1.82) is 0 Å². The molecule has 0 aliphatic carbocycles. The van der Waals surface area contributed by atoms with Gasteiger partial charge < -0.3 is 15.4 Å². The molecular weight excluding hydrogens is 358 g/mol. The van der Waals surface area contributed by atoms with Crippen molar-refractivity contribution in [3.8, 4) is 0 Å². The number of amides is 2. The summed E-state index contributed by atoms with van der Waals surface area (Å²) in [7, 11) is 0. The Morgan fingerprint density at radius 1 is 1.19 bits per heavy atom. The Morgan fingerprint density at radius 3 is 2.70 bits per heavy atom. The van der Waals surface area contributed by atoms with E-state index in [2.05, 4.69) is 59.4 Å². The van der Waals surface area contributed by atoms with Crippen LogP contribution in [-0.2, 0) is 17.6 Å². The highest BCUT2D eigenvalue weighted by Gasteiger charge is 2.16. The number of allylic oxidation sites excluding steroid dienone is 1. The predicted molar refractivity (Wildman–Crippen MR) is 111 cm³/mol. The van der Waals surface area contributed by atoms with Crippen LogP contribution in [0.3, 0.4) is 0 Å². The number of thiol groups is 1. The second-order valence-electron chi connectivity index (χ2n) is 6.59. The average molecular weight is 382 g/mol. The van der Waals surface area contributed by atoms with Gasteiger partial charge in [0.1, 0.15) is 5.70 Å². The lowest BCUT2D eigenvalue weighted by molar-refractivity contribution is -0.113. The van der Waals surface area contributed by atoms with Gasteiger partial charge in [-0.2, -0.15) is 0 Å². The summed E-state index contributed by atoms with van der Waals surface area (Å²) < 4.78 is 2.60. The van der Waals surface area contributed by atoms with Crippen molar-refractivity contribution in [2.45, 2.75) is 26.2 Å². The van der Waals surface area contributed by atoms with Crippen molar-refractivity contribution in [3.63, 3.8) is 0 Å². The number of rotatable bonds is 5. The number of fused-ring (bicyclic) bond motifs is 1. The maximum atomic E-state index is 12.5. The highest BCUT2D eigenvalue weighted by atomic mass is 32.1. The first-order chi connectivity index (χ1) is 13.1.